The molecular formula is C13H11N3O3. The number of ether oxygens (including phenoxy) is 1. The number of para-hydroxylation sites is 1. The molecule has 0 radical (unpaired) electrons. The Morgan fingerprint density at radius 3 is 2.95 bits per heavy atom. The standard InChI is InChI=1S/C13H11N3O3/c1-2-7-19-11-6-4-3-5-10(11)8-14-16-9-12(17)15-13(16)18/h1,3-6,8H,7,9H2,(H,15,17,18)/b14-8-. The molecule has 96 valence electrons. The fourth-order valence-electron chi connectivity index (χ4n) is 1.49. The number of carbonyl (C=O) groups excluding carboxylic acids is 2. The Balaban J connectivity index is 2.12. The largest absolute Gasteiger partial charge is 0.480 e. The summed E-state index contributed by atoms with van der Waals surface area (Å²) >= 11 is 0. The number of hydrogen-bond acceptors (Lipinski definition) is 4. The summed E-state index contributed by atoms with van der Waals surface area (Å²) in [6.07, 6.45) is 6.57. The van der Waals surface area contributed by atoms with Crippen LogP contribution in [0.15, 0.2) is 29.4 Å². The van der Waals surface area contributed by atoms with Crippen LogP contribution in [-0.4, -0.2) is 36.3 Å². The minimum absolute atomic E-state index is 0.0806. The van der Waals surface area contributed by atoms with Gasteiger partial charge in [0, 0.05) is 5.56 Å². The number of benzene rings is 1. The lowest BCUT2D eigenvalue weighted by molar-refractivity contribution is -0.118. The van der Waals surface area contributed by atoms with Gasteiger partial charge in [-0.25, -0.2) is 9.80 Å². The van der Waals surface area contributed by atoms with Crippen molar-refractivity contribution in [1.29, 1.82) is 0 Å². The third-order valence-electron chi connectivity index (χ3n) is 2.34. The molecule has 1 saturated heterocycles. The lowest BCUT2D eigenvalue weighted by Gasteiger charge is -2.07. The van der Waals surface area contributed by atoms with Crippen LogP contribution in [0.2, 0.25) is 0 Å². The Labute approximate surface area is 110 Å². The van der Waals surface area contributed by atoms with Gasteiger partial charge in [0.1, 0.15) is 18.9 Å². The fraction of sp³-hybridized carbons (Fsp3) is 0.154. The first kappa shape index (κ1) is 12.6. The van der Waals surface area contributed by atoms with Crippen molar-refractivity contribution < 1.29 is 14.3 Å². The first-order valence-electron chi connectivity index (χ1n) is 5.51. The average molecular weight is 257 g/mol. The monoisotopic (exact) mass is 257 g/mol. The summed E-state index contributed by atoms with van der Waals surface area (Å²) in [5.74, 6) is 2.56. The van der Waals surface area contributed by atoms with Crippen LogP contribution in [0.25, 0.3) is 0 Å². The second-order valence-electron chi connectivity index (χ2n) is 3.69. The summed E-state index contributed by atoms with van der Waals surface area (Å²) in [6, 6.07) is 6.58. The molecule has 1 aromatic carbocycles. The Bertz CT molecular complexity index is 575. The van der Waals surface area contributed by atoms with Crippen LogP contribution in [0.1, 0.15) is 5.56 Å². The Hall–Kier alpha value is -2.81. The molecule has 0 atom stereocenters. The molecule has 0 bridgehead atoms. The van der Waals surface area contributed by atoms with Crippen molar-refractivity contribution in [3.05, 3.63) is 29.8 Å². The number of imide groups is 1. The first-order chi connectivity index (χ1) is 9.20. The molecule has 19 heavy (non-hydrogen) atoms. The molecule has 0 aliphatic carbocycles. The van der Waals surface area contributed by atoms with Crippen LogP contribution < -0.4 is 10.1 Å². The van der Waals surface area contributed by atoms with Gasteiger partial charge in [-0.15, -0.1) is 6.42 Å². The second-order valence-corrected chi connectivity index (χ2v) is 3.69. The molecule has 6 heteroatoms. The van der Waals surface area contributed by atoms with Crippen LogP contribution in [0.4, 0.5) is 4.79 Å². The number of carbonyl (C=O) groups is 2. The van der Waals surface area contributed by atoms with Crippen molar-refractivity contribution >= 4 is 18.2 Å². The Kier molecular flexibility index (Phi) is 3.78. The van der Waals surface area contributed by atoms with Gasteiger partial charge in [0.25, 0.3) is 0 Å². The highest BCUT2D eigenvalue weighted by atomic mass is 16.5. The van der Waals surface area contributed by atoms with Crippen LogP contribution in [0.3, 0.4) is 0 Å². The van der Waals surface area contributed by atoms with Gasteiger partial charge in [0.15, 0.2) is 0 Å². The predicted molar refractivity (Wildman–Crippen MR) is 68.6 cm³/mol. The fourth-order valence-corrected chi connectivity index (χ4v) is 1.49. The van der Waals surface area contributed by atoms with Crippen LogP contribution in [0, 0.1) is 12.3 Å². The van der Waals surface area contributed by atoms with Crippen molar-refractivity contribution in [3.63, 3.8) is 0 Å². The van der Waals surface area contributed by atoms with Gasteiger partial charge >= 0.3 is 6.03 Å². The summed E-state index contributed by atoms with van der Waals surface area (Å²) in [5, 5.41) is 7.11. The molecule has 0 saturated carbocycles. The molecule has 0 aromatic heterocycles. The molecule has 1 heterocycles. The molecule has 2 rings (SSSR count). The van der Waals surface area contributed by atoms with E-state index in [2.05, 4.69) is 16.3 Å². The number of terminal acetylenes is 1. The van der Waals surface area contributed by atoms with E-state index < -0.39 is 6.03 Å². The quantitative estimate of drug-likeness (QED) is 0.487. The summed E-state index contributed by atoms with van der Waals surface area (Å²) < 4.78 is 5.34. The van der Waals surface area contributed by atoms with Gasteiger partial charge in [-0.05, 0) is 12.1 Å². The van der Waals surface area contributed by atoms with E-state index in [9.17, 15) is 9.59 Å². The van der Waals surface area contributed by atoms with Gasteiger partial charge in [0.05, 0.1) is 6.21 Å². The molecule has 0 spiro atoms. The van der Waals surface area contributed by atoms with Gasteiger partial charge in [-0.2, -0.15) is 5.10 Å². The Morgan fingerprint density at radius 2 is 2.26 bits per heavy atom. The lowest BCUT2D eigenvalue weighted by atomic mass is 10.2. The number of nitrogens with one attached hydrogen (secondary N) is 1. The van der Waals surface area contributed by atoms with Gasteiger partial charge < -0.3 is 4.74 Å². The maximum absolute atomic E-state index is 11.3. The van der Waals surface area contributed by atoms with Crippen LogP contribution in [0.5, 0.6) is 5.75 Å². The van der Waals surface area contributed by atoms with Crippen molar-refractivity contribution in [2.75, 3.05) is 13.2 Å². The molecule has 1 aliphatic heterocycles. The van der Waals surface area contributed by atoms with E-state index >= 15 is 0 Å². The summed E-state index contributed by atoms with van der Waals surface area (Å²) in [6.45, 7) is 0.0657. The molecule has 3 amide bonds. The lowest BCUT2D eigenvalue weighted by Crippen LogP contribution is -2.24. The predicted octanol–water partition coefficient (Wildman–Crippen LogP) is 0.584. The summed E-state index contributed by atoms with van der Waals surface area (Å²) in [7, 11) is 0. The zero-order valence-electron chi connectivity index (χ0n) is 10.00. The van der Waals surface area contributed by atoms with Crippen molar-refractivity contribution in [1.82, 2.24) is 10.3 Å². The van der Waals surface area contributed by atoms with E-state index in [1.165, 1.54) is 6.21 Å². The second kappa shape index (κ2) is 5.69. The molecule has 1 fully saturated rings. The summed E-state index contributed by atoms with van der Waals surface area (Å²) in [5.41, 5.74) is 0.671. The van der Waals surface area contributed by atoms with E-state index in [0.717, 1.165) is 5.01 Å². The number of hydrogen-bond donors (Lipinski definition) is 1. The maximum Gasteiger partial charge on any atom is 0.344 e. The third-order valence-corrected chi connectivity index (χ3v) is 2.34. The number of urea groups is 1. The number of rotatable bonds is 4. The number of amides is 3. The third kappa shape index (κ3) is 3.10. The summed E-state index contributed by atoms with van der Waals surface area (Å²) in [4.78, 5) is 22.3. The molecule has 0 unspecified atom stereocenters. The van der Waals surface area contributed by atoms with E-state index in [4.69, 9.17) is 11.2 Å². The zero-order valence-corrected chi connectivity index (χ0v) is 10.00. The zero-order chi connectivity index (χ0) is 13.7. The van der Waals surface area contributed by atoms with Crippen LogP contribution >= 0.6 is 0 Å². The van der Waals surface area contributed by atoms with Crippen LogP contribution in [-0.2, 0) is 4.79 Å². The van der Waals surface area contributed by atoms with Crippen molar-refractivity contribution in [2.24, 2.45) is 5.10 Å². The SMILES string of the molecule is C#CCOc1ccccc1/C=N\N1CC(=O)NC1=O. The van der Waals surface area contributed by atoms with E-state index in [-0.39, 0.29) is 19.1 Å². The average Bonchev–Trinajstić information content (AvgIpc) is 2.73. The molecule has 1 N–H and O–H groups in total. The van der Waals surface area contributed by atoms with Crippen molar-refractivity contribution in [3.8, 4) is 18.1 Å². The van der Waals surface area contributed by atoms with E-state index in [1.54, 1.807) is 24.3 Å². The molecule has 1 aromatic rings. The topological polar surface area (TPSA) is 71.0 Å². The molecular weight excluding hydrogens is 246 g/mol. The minimum atomic E-state index is -0.539. The Morgan fingerprint density at radius 1 is 1.47 bits per heavy atom. The minimum Gasteiger partial charge on any atom is -0.480 e. The van der Waals surface area contributed by atoms with Crippen molar-refractivity contribution in [2.45, 2.75) is 0 Å². The first-order valence-corrected chi connectivity index (χ1v) is 5.51. The molecule has 1 aliphatic rings. The van der Waals surface area contributed by atoms with Gasteiger partial charge in [0.2, 0.25) is 5.91 Å². The molecule has 6 nitrogen and oxygen atoms in total. The number of hydrazone groups is 1. The highest BCUT2D eigenvalue weighted by Crippen LogP contribution is 2.16. The van der Waals surface area contributed by atoms with E-state index in [1.807, 2.05) is 0 Å². The van der Waals surface area contributed by atoms with E-state index in [0.29, 0.717) is 11.3 Å². The normalized spacial score (nSPS) is 14.6. The maximum atomic E-state index is 11.3. The van der Waals surface area contributed by atoms with Gasteiger partial charge in [-0.1, -0.05) is 18.1 Å². The number of nitrogens with zero attached hydrogens (tertiary/aromatic N) is 2. The van der Waals surface area contributed by atoms with Gasteiger partial charge in [-0.3, -0.25) is 10.1 Å². The highest BCUT2D eigenvalue weighted by molar-refractivity contribution is 6.02. The smallest absolute Gasteiger partial charge is 0.344 e. The highest BCUT2D eigenvalue weighted by Gasteiger charge is 2.25.